The summed E-state index contributed by atoms with van der Waals surface area (Å²) in [4.78, 5) is 26.9. The summed E-state index contributed by atoms with van der Waals surface area (Å²) in [6, 6.07) is 7.28. The minimum Gasteiger partial charge on any atom is -0.339 e. The van der Waals surface area contributed by atoms with Crippen molar-refractivity contribution in [1.82, 2.24) is 25.0 Å². The molecule has 1 aromatic carbocycles. The maximum atomic E-state index is 13.0. The zero-order valence-corrected chi connectivity index (χ0v) is 16.4. The highest BCUT2D eigenvalue weighted by molar-refractivity contribution is 5.98. The second-order valence-electron chi connectivity index (χ2n) is 8.21. The summed E-state index contributed by atoms with van der Waals surface area (Å²) in [6.45, 7) is 4.06. The Morgan fingerprint density at radius 1 is 1.07 bits per heavy atom. The number of likely N-dealkylation sites (tertiary alicyclic amines) is 1. The lowest BCUT2D eigenvalue weighted by Gasteiger charge is -2.32. The monoisotopic (exact) mass is 394 g/mol. The van der Waals surface area contributed by atoms with Crippen molar-refractivity contribution in [3.8, 4) is 0 Å². The zero-order chi connectivity index (χ0) is 19.8. The number of fused-ring (bicyclic) bond motifs is 1. The number of hydrogen-bond acceptors (Lipinski definition) is 5. The molecule has 0 atom stereocenters. The maximum absolute atomic E-state index is 13.0. The first-order valence-electron chi connectivity index (χ1n) is 10.5. The maximum Gasteiger partial charge on any atom is 0.253 e. The highest BCUT2D eigenvalue weighted by Crippen LogP contribution is 2.31. The van der Waals surface area contributed by atoms with E-state index >= 15 is 0 Å². The molecular formula is C21H26N6O2. The summed E-state index contributed by atoms with van der Waals surface area (Å²) >= 11 is 0. The summed E-state index contributed by atoms with van der Waals surface area (Å²) in [6.07, 6.45) is 3.72. The molecule has 0 radical (unpaired) electrons. The first-order chi connectivity index (χ1) is 14.2. The number of rotatable bonds is 4. The van der Waals surface area contributed by atoms with Gasteiger partial charge in [-0.2, -0.15) is 0 Å². The second kappa shape index (κ2) is 7.59. The molecule has 2 aliphatic heterocycles. The molecule has 5 rings (SSSR count). The number of benzene rings is 1. The Kier molecular flexibility index (Phi) is 4.79. The number of nitrogens with one attached hydrogen (secondary N) is 2. The van der Waals surface area contributed by atoms with Crippen molar-refractivity contribution in [1.29, 1.82) is 0 Å². The van der Waals surface area contributed by atoms with E-state index in [9.17, 15) is 9.59 Å². The van der Waals surface area contributed by atoms with Crippen LogP contribution in [0, 0.1) is 5.92 Å². The van der Waals surface area contributed by atoms with Crippen molar-refractivity contribution < 1.29 is 9.59 Å². The Morgan fingerprint density at radius 3 is 2.69 bits per heavy atom. The molecule has 152 valence electrons. The van der Waals surface area contributed by atoms with Crippen LogP contribution in [0.25, 0.3) is 0 Å². The SMILES string of the molecule is O=C(Nc1cccc(C(=O)N2CCC(c3nnc4n3CCNC4)CC2)c1)C1CC1. The van der Waals surface area contributed by atoms with Crippen LogP contribution in [0.4, 0.5) is 5.69 Å². The Bertz CT molecular complexity index is 927. The molecule has 2 aromatic rings. The van der Waals surface area contributed by atoms with E-state index < -0.39 is 0 Å². The van der Waals surface area contributed by atoms with Crippen molar-refractivity contribution in [2.75, 3.05) is 25.0 Å². The number of amides is 2. The molecule has 0 unspecified atom stereocenters. The zero-order valence-electron chi connectivity index (χ0n) is 16.4. The van der Waals surface area contributed by atoms with Crippen LogP contribution in [0.15, 0.2) is 24.3 Å². The minimum absolute atomic E-state index is 0.0263. The summed E-state index contributed by atoms with van der Waals surface area (Å²) in [5.74, 6) is 2.66. The van der Waals surface area contributed by atoms with Gasteiger partial charge < -0.3 is 20.1 Å². The van der Waals surface area contributed by atoms with Crippen molar-refractivity contribution in [3.63, 3.8) is 0 Å². The fourth-order valence-electron chi connectivity index (χ4n) is 4.26. The third kappa shape index (κ3) is 3.76. The first-order valence-corrected chi connectivity index (χ1v) is 10.5. The van der Waals surface area contributed by atoms with Crippen LogP contribution >= 0.6 is 0 Å². The van der Waals surface area contributed by atoms with Gasteiger partial charge in [-0.25, -0.2) is 0 Å². The number of anilines is 1. The molecule has 2 amide bonds. The quantitative estimate of drug-likeness (QED) is 0.824. The van der Waals surface area contributed by atoms with Crippen LogP contribution in [0.1, 0.15) is 53.6 Å². The average molecular weight is 394 g/mol. The molecule has 3 heterocycles. The van der Waals surface area contributed by atoms with Crippen molar-refractivity contribution >= 4 is 17.5 Å². The smallest absolute Gasteiger partial charge is 0.253 e. The van der Waals surface area contributed by atoms with Gasteiger partial charge in [0.2, 0.25) is 5.91 Å². The van der Waals surface area contributed by atoms with Gasteiger partial charge in [0, 0.05) is 49.3 Å². The Hall–Kier alpha value is -2.74. The van der Waals surface area contributed by atoms with Crippen LogP contribution < -0.4 is 10.6 Å². The Morgan fingerprint density at radius 2 is 1.90 bits per heavy atom. The lowest BCUT2D eigenvalue weighted by molar-refractivity contribution is -0.117. The number of piperidine rings is 1. The molecule has 1 saturated carbocycles. The second-order valence-corrected chi connectivity index (χ2v) is 8.21. The normalized spacial score (nSPS) is 19.7. The van der Waals surface area contributed by atoms with Gasteiger partial charge >= 0.3 is 0 Å². The van der Waals surface area contributed by atoms with Gasteiger partial charge in [0.1, 0.15) is 11.6 Å². The molecule has 1 aliphatic carbocycles. The van der Waals surface area contributed by atoms with E-state index in [4.69, 9.17) is 0 Å². The predicted molar refractivity (Wildman–Crippen MR) is 107 cm³/mol. The molecule has 1 aromatic heterocycles. The van der Waals surface area contributed by atoms with Crippen molar-refractivity contribution in [2.24, 2.45) is 5.92 Å². The van der Waals surface area contributed by atoms with Gasteiger partial charge in [0.25, 0.3) is 5.91 Å². The third-order valence-electron chi connectivity index (χ3n) is 6.12. The van der Waals surface area contributed by atoms with E-state index in [1.54, 1.807) is 6.07 Å². The number of aromatic nitrogens is 3. The average Bonchev–Trinajstić information content (AvgIpc) is 3.53. The first kappa shape index (κ1) is 18.3. The summed E-state index contributed by atoms with van der Waals surface area (Å²) in [5, 5.41) is 15.0. The van der Waals surface area contributed by atoms with Crippen molar-refractivity contribution in [2.45, 2.75) is 44.7 Å². The number of carbonyl (C=O) groups is 2. The fraction of sp³-hybridized carbons (Fsp3) is 0.524. The van der Waals surface area contributed by atoms with E-state index in [1.807, 2.05) is 23.1 Å². The molecule has 8 nitrogen and oxygen atoms in total. The molecule has 0 bridgehead atoms. The van der Waals surface area contributed by atoms with E-state index in [2.05, 4.69) is 25.4 Å². The largest absolute Gasteiger partial charge is 0.339 e. The van der Waals surface area contributed by atoms with Gasteiger partial charge in [-0.3, -0.25) is 9.59 Å². The standard InChI is InChI=1S/C21H26N6O2/c28-20(15-4-5-15)23-17-3-1-2-16(12-17)21(29)26-9-6-14(7-10-26)19-25-24-18-13-22-8-11-27(18)19/h1-3,12,14-15,22H,4-11,13H2,(H,23,28). The summed E-state index contributed by atoms with van der Waals surface area (Å²) in [5.41, 5.74) is 1.33. The number of hydrogen-bond donors (Lipinski definition) is 2. The van der Waals surface area contributed by atoms with Crippen molar-refractivity contribution in [3.05, 3.63) is 41.5 Å². The lowest BCUT2D eigenvalue weighted by atomic mass is 9.95. The summed E-state index contributed by atoms with van der Waals surface area (Å²) in [7, 11) is 0. The van der Waals surface area contributed by atoms with Crippen LogP contribution in [-0.2, 0) is 17.9 Å². The lowest BCUT2D eigenvalue weighted by Crippen LogP contribution is -2.39. The highest BCUT2D eigenvalue weighted by atomic mass is 16.2. The van der Waals surface area contributed by atoms with Crippen LogP contribution in [-0.4, -0.2) is 51.1 Å². The molecular weight excluding hydrogens is 368 g/mol. The molecule has 3 aliphatic rings. The number of nitrogens with zero attached hydrogens (tertiary/aromatic N) is 4. The van der Waals surface area contributed by atoms with Gasteiger partial charge in [-0.05, 0) is 43.9 Å². The molecule has 2 N–H and O–H groups in total. The molecule has 1 saturated heterocycles. The van der Waals surface area contributed by atoms with E-state index in [0.717, 1.165) is 57.0 Å². The molecule has 29 heavy (non-hydrogen) atoms. The third-order valence-corrected chi connectivity index (χ3v) is 6.12. The van der Waals surface area contributed by atoms with E-state index in [1.165, 1.54) is 0 Å². The van der Waals surface area contributed by atoms with E-state index in [0.29, 0.717) is 30.3 Å². The van der Waals surface area contributed by atoms with Gasteiger partial charge in [0.05, 0.1) is 6.54 Å². The van der Waals surface area contributed by atoms with Gasteiger partial charge in [0.15, 0.2) is 0 Å². The number of carbonyl (C=O) groups excluding carboxylic acids is 2. The van der Waals surface area contributed by atoms with E-state index in [-0.39, 0.29) is 17.7 Å². The predicted octanol–water partition coefficient (Wildman–Crippen LogP) is 1.75. The van der Waals surface area contributed by atoms with Crippen LogP contribution in [0.2, 0.25) is 0 Å². The summed E-state index contributed by atoms with van der Waals surface area (Å²) < 4.78 is 2.24. The van der Waals surface area contributed by atoms with Gasteiger partial charge in [-0.1, -0.05) is 6.07 Å². The van der Waals surface area contributed by atoms with Crippen LogP contribution in [0.5, 0.6) is 0 Å². The molecule has 0 spiro atoms. The van der Waals surface area contributed by atoms with Gasteiger partial charge in [-0.15, -0.1) is 10.2 Å². The fourth-order valence-corrected chi connectivity index (χ4v) is 4.26. The topological polar surface area (TPSA) is 92.2 Å². The molecule has 8 heteroatoms. The van der Waals surface area contributed by atoms with Crippen LogP contribution in [0.3, 0.4) is 0 Å². The highest BCUT2D eigenvalue weighted by Gasteiger charge is 2.31. The Balaban J connectivity index is 1.22. The molecule has 2 fully saturated rings. The Labute approximate surface area is 169 Å². The minimum atomic E-state index is 0.0263.